The summed E-state index contributed by atoms with van der Waals surface area (Å²) in [6.07, 6.45) is 0. The summed E-state index contributed by atoms with van der Waals surface area (Å²) in [5, 5.41) is 0.814. The number of nitrogen functional groups attached to an aromatic ring is 1. The number of ether oxygens (including phenoxy) is 3. The molecule has 31 heavy (non-hydrogen) atoms. The molecule has 0 amide bonds. The Morgan fingerprint density at radius 3 is 2.48 bits per heavy atom. The standard InChI is InChI=1S/C21H22ClN3O6/c1-5-28-19(26)15-11(2)30-18-16(15)17(23)24-14(25-18)10-29-20(27)21(3,4)31-13-8-6-12(22)7-9-13/h6-9H,5,10H2,1-4H3,(H2,23,24,25). The van der Waals surface area contributed by atoms with Gasteiger partial charge in [0.05, 0.1) is 12.0 Å². The molecule has 0 aliphatic carbocycles. The van der Waals surface area contributed by atoms with E-state index >= 15 is 0 Å². The van der Waals surface area contributed by atoms with E-state index in [0.29, 0.717) is 16.5 Å². The molecule has 0 atom stereocenters. The van der Waals surface area contributed by atoms with Gasteiger partial charge < -0.3 is 24.4 Å². The highest BCUT2D eigenvalue weighted by molar-refractivity contribution is 6.30. The molecule has 0 aliphatic rings. The number of halogens is 1. The molecule has 164 valence electrons. The van der Waals surface area contributed by atoms with Crippen LogP contribution in [-0.2, 0) is 20.9 Å². The minimum atomic E-state index is -1.28. The van der Waals surface area contributed by atoms with Crippen molar-refractivity contribution in [1.29, 1.82) is 0 Å². The van der Waals surface area contributed by atoms with Crippen molar-refractivity contribution in [1.82, 2.24) is 9.97 Å². The van der Waals surface area contributed by atoms with Crippen molar-refractivity contribution in [3.05, 3.63) is 46.4 Å². The zero-order chi connectivity index (χ0) is 22.8. The van der Waals surface area contributed by atoms with Crippen LogP contribution in [-0.4, -0.2) is 34.1 Å². The lowest BCUT2D eigenvalue weighted by molar-refractivity contribution is -0.161. The van der Waals surface area contributed by atoms with Gasteiger partial charge in [0, 0.05) is 5.02 Å². The van der Waals surface area contributed by atoms with Gasteiger partial charge in [-0.3, -0.25) is 0 Å². The first kappa shape index (κ1) is 22.4. The van der Waals surface area contributed by atoms with Crippen LogP contribution >= 0.6 is 11.6 Å². The Balaban J connectivity index is 1.75. The quantitative estimate of drug-likeness (QED) is 0.537. The predicted octanol–water partition coefficient (Wildman–Crippen LogP) is 3.84. The van der Waals surface area contributed by atoms with Crippen LogP contribution in [0.4, 0.5) is 5.82 Å². The van der Waals surface area contributed by atoms with Crippen molar-refractivity contribution < 1.29 is 28.2 Å². The molecule has 0 saturated carbocycles. The van der Waals surface area contributed by atoms with Crippen LogP contribution < -0.4 is 10.5 Å². The van der Waals surface area contributed by atoms with E-state index in [0.717, 1.165) is 0 Å². The predicted molar refractivity (Wildman–Crippen MR) is 113 cm³/mol. The average Bonchev–Trinajstić information content (AvgIpc) is 3.04. The molecule has 3 aromatic rings. The number of benzene rings is 1. The summed E-state index contributed by atoms with van der Waals surface area (Å²) in [5.74, 6) is -0.300. The molecule has 2 aromatic heterocycles. The number of fused-ring (bicyclic) bond motifs is 1. The number of nitrogens with two attached hydrogens (primary N) is 1. The summed E-state index contributed by atoms with van der Waals surface area (Å²) in [5.41, 5.74) is 5.02. The molecule has 2 heterocycles. The number of nitrogens with zero attached hydrogens (tertiary/aromatic N) is 2. The van der Waals surface area contributed by atoms with Gasteiger partial charge in [-0.25, -0.2) is 14.6 Å². The van der Waals surface area contributed by atoms with E-state index in [1.807, 2.05) is 0 Å². The second kappa shape index (κ2) is 8.81. The van der Waals surface area contributed by atoms with Gasteiger partial charge in [-0.15, -0.1) is 0 Å². The molecule has 9 nitrogen and oxygen atoms in total. The molecule has 0 aliphatic heterocycles. The van der Waals surface area contributed by atoms with E-state index in [4.69, 9.17) is 36.0 Å². The topological polar surface area (TPSA) is 127 Å². The number of hydrogen-bond donors (Lipinski definition) is 1. The number of aryl methyl sites for hydroxylation is 1. The van der Waals surface area contributed by atoms with Gasteiger partial charge >= 0.3 is 11.9 Å². The molecule has 0 unspecified atom stereocenters. The van der Waals surface area contributed by atoms with Crippen molar-refractivity contribution in [2.24, 2.45) is 0 Å². The Hall–Kier alpha value is -3.33. The monoisotopic (exact) mass is 447 g/mol. The lowest BCUT2D eigenvalue weighted by Gasteiger charge is -2.24. The number of rotatable bonds is 7. The largest absolute Gasteiger partial charge is 0.476 e. The number of carbonyl (C=O) groups excluding carboxylic acids is 2. The lowest BCUT2D eigenvalue weighted by atomic mass is 10.1. The molecule has 0 bridgehead atoms. The maximum atomic E-state index is 12.5. The summed E-state index contributed by atoms with van der Waals surface area (Å²) in [7, 11) is 0. The Labute approximate surface area is 183 Å². The van der Waals surface area contributed by atoms with Gasteiger partial charge in [0.2, 0.25) is 5.71 Å². The van der Waals surface area contributed by atoms with Crippen LogP contribution in [0.15, 0.2) is 28.7 Å². The molecular weight excluding hydrogens is 426 g/mol. The van der Waals surface area contributed by atoms with Gasteiger partial charge in [-0.05, 0) is 52.0 Å². The van der Waals surface area contributed by atoms with E-state index in [2.05, 4.69) is 9.97 Å². The van der Waals surface area contributed by atoms with E-state index in [9.17, 15) is 9.59 Å². The zero-order valence-corrected chi connectivity index (χ0v) is 18.3. The number of aromatic nitrogens is 2. The summed E-state index contributed by atoms with van der Waals surface area (Å²) in [6, 6.07) is 6.60. The third-order valence-corrected chi connectivity index (χ3v) is 4.54. The minimum Gasteiger partial charge on any atom is -0.476 e. The van der Waals surface area contributed by atoms with Gasteiger partial charge in [-0.2, -0.15) is 4.98 Å². The number of furan rings is 1. The summed E-state index contributed by atoms with van der Waals surface area (Å²) >= 11 is 5.86. The first-order chi connectivity index (χ1) is 14.6. The molecule has 0 radical (unpaired) electrons. The van der Waals surface area contributed by atoms with Crippen molar-refractivity contribution in [3.63, 3.8) is 0 Å². The number of hydrogen-bond acceptors (Lipinski definition) is 9. The summed E-state index contributed by atoms with van der Waals surface area (Å²) < 4.78 is 21.6. The first-order valence-electron chi connectivity index (χ1n) is 9.46. The van der Waals surface area contributed by atoms with Crippen molar-refractivity contribution in [2.45, 2.75) is 39.9 Å². The van der Waals surface area contributed by atoms with E-state index in [-0.39, 0.29) is 41.5 Å². The molecule has 0 saturated heterocycles. The molecule has 2 N–H and O–H groups in total. The normalized spacial score (nSPS) is 11.4. The van der Waals surface area contributed by atoms with Gasteiger partial charge in [0.15, 0.2) is 18.0 Å². The molecular formula is C21H22ClN3O6. The number of anilines is 1. The molecule has 0 spiro atoms. The van der Waals surface area contributed by atoms with Crippen molar-refractivity contribution in [3.8, 4) is 5.75 Å². The second-order valence-electron chi connectivity index (χ2n) is 7.10. The van der Waals surface area contributed by atoms with Crippen LogP contribution in [0.3, 0.4) is 0 Å². The smallest absolute Gasteiger partial charge is 0.350 e. The molecule has 3 rings (SSSR count). The Morgan fingerprint density at radius 1 is 1.16 bits per heavy atom. The third kappa shape index (κ3) is 4.88. The lowest BCUT2D eigenvalue weighted by Crippen LogP contribution is -2.39. The van der Waals surface area contributed by atoms with E-state index < -0.39 is 17.5 Å². The summed E-state index contributed by atoms with van der Waals surface area (Å²) in [6.45, 7) is 6.38. The van der Waals surface area contributed by atoms with E-state index in [1.54, 1.807) is 52.0 Å². The van der Waals surface area contributed by atoms with Crippen LogP contribution in [0, 0.1) is 6.92 Å². The first-order valence-corrected chi connectivity index (χ1v) is 9.84. The molecule has 0 fully saturated rings. The van der Waals surface area contributed by atoms with Gasteiger partial charge in [0.25, 0.3) is 0 Å². The highest BCUT2D eigenvalue weighted by Crippen LogP contribution is 2.29. The average molecular weight is 448 g/mol. The highest BCUT2D eigenvalue weighted by Gasteiger charge is 2.32. The number of esters is 2. The second-order valence-corrected chi connectivity index (χ2v) is 7.54. The molecule has 1 aromatic carbocycles. The van der Waals surface area contributed by atoms with Crippen LogP contribution in [0.2, 0.25) is 5.02 Å². The number of carbonyl (C=O) groups is 2. The van der Waals surface area contributed by atoms with E-state index in [1.165, 1.54) is 0 Å². The Bertz CT molecular complexity index is 1120. The maximum Gasteiger partial charge on any atom is 0.350 e. The van der Waals surface area contributed by atoms with Gasteiger partial charge in [0.1, 0.15) is 22.9 Å². The van der Waals surface area contributed by atoms with Crippen LogP contribution in [0.25, 0.3) is 11.1 Å². The van der Waals surface area contributed by atoms with Crippen molar-refractivity contribution in [2.75, 3.05) is 12.3 Å². The Morgan fingerprint density at radius 2 is 1.84 bits per heavy atom. The van der Waals surface area contributed by atoms with Crippen LogP contribution in [0.5, 0.6) is 5.75 Å². The Kier molecular flexibility index (Phi) is 6.35. The fourth-order valence-corrected chi connectivity index (χ4v) is 2.97. The summed E-state index contributed by atoms with van der Waals surface area (Å²) in [4.78, 5) is 33.1. The highest BCUT2D eigenvalue weighted by atomic mass is 35.5. The maximum absolute atomic E-state index is 12.5. The fourth-order valence-electron chi connectivity index (χ4n) is 2.84. The van der Waals surface area contributed by atoms with Crippen molar-refractivity contribution >= 4 is 40.5 Å². The fraction of sp³-hybridized carbons (Fsp3) is 0.333. The zero-order valence-electron chi connectivity index (χ0n) is 17.5. The van der Waals surface area contributed by atoms with Gasteiger partial charge in [-0.1, -0.05) is 11.6 Å². The molecule has 10 heteroatoms. The third-order valence-electron chi connectivity index (χ3n) is 4.29. The minimum absolute atomic E-state index is 0.0210. The SMILES string of the molecule is CCOC(=O)c1c(C)oc2nc(COC(=O)C(C)(C)Oc3ccc(Cl)cc3)nc(N)c12. The van der Waals surface area contributed by atoms with Crippen LogP contribution in [0.1, 0.15) is 42.7 Å².